The Morgan fingerprint density at radius 3 is 1.80 bits per heavy atom. The van der Waals surface area contributed by atoms with Gasteiger partial charge in [0.15, 0.2) is 0 Å². The second kappa shape index (κ2) is 2.76. The first kappa shape index (κ1) is 5.54. The van der Waals surface area contributed by atoms with Gasteiger partial charge in [-0.3, -0.25) is 0 Å². The van der Waals surface area contributed by atoms with E-state index in [2.05, 4.69) is 0 Å². The van der Waals surface area contributed by atoms with Gasteiger partial charge >= 0.3 is 0 Å². The van der Waals surface area contributed by atoms with Crippen LogP contribution in [0.15, 0.2) is 0 Å². The summed E-state index contributed by atoms with van der Waals surface area (Å²) in [5.41, 5.74) is 0. The Morgan fingerprint density at radius 1 is 1.60 bits per heavy atom. The van der Waals surface area contributed by atoms with E-state index >= 15 is 0 Å². The minimum atomic E-state index is -0.741. The van der Waals surface area contributed by atoms with Crippen LogP contribution in [0.3, 0.4) is 0 Å². The Bertz CT molecular complexity index is 21.6. The molecule has 0 spiro atoms. The van der Waals surface area contributed by atoms with Gasteiger partial charge < -0.3 is 5.11 Å². The lowest BCUT2D eigenvalue weighted by Crippen LogP contribution is -1.81. The topological polar surface area (TPSA) is 20.2 Å². The fourth-order valence-electron chi connectivity index (χ4n) is 0. The van der Waals surface area contributed by atoms with Crippen LogP contribution < -0.4 is 0 Å². The van der Waals surface area contributed by atoms with E-state index in [1.54, 1.807) is 0 Å². The number of halogens is 2. The number of hydrogen-bond acceptors (Lipinski definition) is 1. The van der Waals surface area contributed by atoms with Crippen LogP contribution in [0.25, 0.3) is 0 Å². The molecule has 0 aromatic rings. The van der Waals surface area contributed by atoms with Crippen LogP contribution in [0.2, 0.25) is 0 Å². The normalized spacial score (nSPS) is 9.60. The summed E-state index contributed by atoms with van der Waals surface area (Å²) >= 11 is 9.84. The fraction of sp³-hybridized carbons (Fsp3) is 0.500. The smallest absolute Gasteiger partial charge is 0.136 e. The van der Waals surface area contributed by atoms with E-state index in [4.69, 9.17) is 28.3 Å². The van der Waals surface area contributed by atoms with Gasteiger partial charge in [0.1, 0.15) is 11.4 Å². The van der Waals surface area contributed by atoms with Crippen molar-refractivity contribution in [3.63, 3.8) is 0 Å². The lowest BCUT2D eigenvalue weighted by Gasteiger charge is -1.83. The molecular formula is C2H3Cl2O. The summed E-state index contributed by atoms with van der Waals surface area (Å²) in [7, 11) is 0. The molecule has 0 amide bonds. The number of aliphatic hydroxyl groups excluding tert-OH is 1. The molecule has 0 atom stereocenters. The van der Waals surface area contributed by atoms with Crippen LogP contribution in [-0.4, -0.2) is 9.94 Å². The zero-order valence-electron chi connectivity index (χ0n) is 2.36. The third kappa shape index (κ3) is 4.54. The van der Waals surface area contributed by atoms with Gasteiger partial charge in [-0.1, -0.05) is 0 Å². The predicted molar refractivity (Wildman–Crippen MR) is 21.7 cm³/mol. The zero-order valence-corrected chi connectivity index (χ0v) is 3.87. The molecular weight excluding hydrogens is 111 g/mol. The molecule has 1 radical (unpaired) electrons. The summed E-state index contributed by atoms with van der Waals surface area (Å²) in [4.78, 5) is -0.741. The van der Waals surface area contributed by atoms with Crippen molar-refractivity contribution >= 4 is 23.2 Å². The molecule has 0 aliphatic carbocycles. The van der Waals surface area contributed by atoms with Crippen molar-refractivity contribution in [2.24, 2.45) is 0 Å². The van der Waals surface area contributed by atoms with E-state index in [1.165, 1.54) is 0 Å². The molecule has 3 heteroatoms. The molecule has 0 aromatic carbocycles. The van der Waals surface area contributed by atoms with Crippen LogP contribution in [0.4, 0.5) is 0 Å². The fourth-order valence-corrected chi connectivity index (χ4v) is 0. The van der Waals surface area contributed by atoms with Gasteiger partial charge in [-0.05, 0) is 0 Å². The van der Waals surface area contributed by atoms with Gasteiger partial charge in [-0.15, -0.1) is 23.2 Å². The lowest BCUT2D eigenvalue weighted by atomic mass is 10.9. The maximum absolute atomic E-state index is 7.75. The Kier molecular flexibility index (Phi) is 3.06. The zero-order chi connectivity index (χ0) is 4.28. The monoisotopic (exact) mass is 113 g/mol. The summed E-state index contributed by atoms with van der Waals surface area (Å²) in [6, 6.07) is 0. The van der Waals surface area contributed by atoms with Crippen molar-refractivity contribution in [2.45, 2.75) is 4.84 Å². The molecule has 0 unspecified atom stereocenters. The van der Waals surface area contributed by atoms with Gasteiger partial charge in [0, 0.05) is 0 Å². The number of alkyl halides is 2. The van der Waals surface area contributed by atoms with E-state index in [0.717, 1.165) is 0 Å². The third-order valence-electron chi connectivity index (χ3n) is 0.113. The summed E-state index contributed by atoms with van der Waals surface area (Å²) < 4.78 is 0. The standard InChI is InChI=1S/C2H3Cl2O/c3-2(4)1-5/h1-2,5H. The van der Waals surface area contributed by atoms with Crippen molar-refractivity contribution in [2.75, 3.05) is 0 Å². The Balaban J connectivity index is 2.54. The molecule has 0 bridgehead atoms. The largest absolute Gasteiger partial charge is 0.387 e. The van der Waals surface area contributed by atoms with Crippen molar-refractivity contribution in [1.82, 2.24) is 0 Å². The van der Waals surface area contributed by atoms with E-state index in [1.807, 2.05) is 0 Å². The molecule has 0 saturated carbocycles. The van der Waals surface area contributed by atoms with Crippen LogP contribution in [0, 0.1) is 6.61 Å². The molecule has 0 fully saturated rings. The van der Waals surface area contributed by atoms with Crippen molar-refractivity contribution in [3.05, 3.63) is 6.61 Å². The molecule has 1 nitrogen and oxygen atoms in total. The predicted octanol–water partition coefficient (Wildman–Crippen LogP) is 1.32. The third-order valence-corrected chi connectivity index (χ3v) is 0.338. The average Bonchev–Trinajstić information content (AvgIpc) is 1.38. The number of rotatable bonds is 1. The van der Waals surface area contributed by atoms with Crippen molar-refractivity contribution in [3.8, 4) is 0 Å². The van der Waals surface area contributed by atoms with Crippen LogP contribution in [0.1, 0.15) is 0 Å². The molecule has 0 rings (SSSR count). The van der Waals surface area contributed by atoms with Gasteiger partial charge in [0.2, 0.25) is 0 Å². The minimum Gasteiger partial charge on any atom is -0.387 e. The van der Waals surface area contributed by atoms with Crippen LogP contribution in [0.5, 0.6) is 0 Å². The van der Waals surface area contributed by atoms with Gasteiger partial charge in [0.25, 0.3) is 0 Å². The lowest BCUT2D eigenvalue weighted by molar-refractivity contribution is 0.396. The highest BCUT2D eigenvalue weighted by Gasteiger charge is 1.89. The summed E-state index contributed by atoms with van der Waals surface area (Å²) in [6.07, 6.45) is 0. The van der Waals surface area contributed by atoms with Crippen molar-refractivity contribution < 1.29 is 5.11 Å². The molecule has 0 aliphatic rings. The van der Waals surface area contributed by atoms with E-state index < -0.39 is 4.84 Å². The van der Waals surface area contributed by atoms with Crippen molar-refractivity contribution in [1.29, 1.82) is 0 Å². The molecule has 1 N–H and O–H groups in total. The molecule has 0 saturated heterocycles. The maximum atomic E-state index is 7.75. The highest BCUT2D eigenvalue weighted by molar-refractivity contribution is 6.45. The first-order valence-corrected chi connectivity index (χ1v) is 1.90. The summed E-state index contributed by atoms with van der Waals surface area (Å²) in [5, 5.41) is 7.75. The summed E-state index contributed by atoms with van der Waals surface area (Å²) in [6.45, 7) is 0.698. The van der Waals surface area contributed by atoms with E-state index in [-0.39, 0.29) is 0 Å². The van der Waals surface area contributed by atoms with E-state index in [0.29, 0.717) is 6.61 Å². The average molecular weight is 114 g/mol. The minimum absolute atomic E-state index is 0.698. The molecule has 0 heterocycles. The first-order chi connectivity index (χ1) is 2.27. The Labute approximate surface area is 40.5 Å². The van der Waals surface area contributed by atoms with E-state index in [9.17, 15) is 0 Å². The molecule has 31 valence electrons. The Morgan fingerprint density at radius 2 is 1.80 bits per heavy atom. The quantitative estimate of drug-likeness (QED) is 0.509. The van der Waals surface area contributed by atoms with Gasteiger partial charge in [-0.2, -0.15) is 0 Å². The number of hydrogen-bond donors (Lipinski definition) is 1. The summed E-state index contributed by atoms with van der Waals surface area (Å²) in [5.74, 6) is 0. The molecule has 0 aromatic heterocycles. The maximum Gasteiger partial charge on any atom is 0.136 e. The highest BCUT2D eigenvalue weighted by atomic mass is 35.5. The van der Waals surface area contributed by atoms with Gasteiger partial charge in [0.05, 0.1) is 0 Å². The Hall–Kier alpha value is 0.540. The molecule has 5 heavy (non-hydrogen) atoms. The number of aliphatic hydroxyl groups is 1. The second-order valence-electron chi connectivity index (χ2n) is 0.484. The van der Waals surface area contributed by atoms with Crippen LogP contribution >= 0.6 is 23.2 Å². The first-order valence-electron chi connectivity index (χ1n) is 1.03. The van der Waals surface area contributed by atoms with Crippen LogP contribution in [-0.2, 0) is 0 Å². The second-order valence-corrected chi connectivity index (χ2v) is 1.65. The molecule has 0 aliphatic heterocycles. The highest BCUT2D eigenvalue weighted by Crippen LogP contribution is 2.00. The van der Waals surface area contributed by atoms with Gasteiger partial charge in [-0.25, -0.2) is 0 Å². The SMILES string of the molecule is O[CH]C(Cl)Cl.